The number of rotatable bonds is 8. The zero-order chi connectivity index (χ0) is 25.9. The van der Waals surface area contributed by atoms with Gasteiger partial charge in [0.15, 0.2) is 5.78 Å². The van der Waals surface area contributed by atoms with Crippen LogP contribution in [0.1, 0.15) is 36.6 Å². The standard InChI is InChI=1S/C28H24ClFN4O2S/c1-17-25(18(2)35)26(19-10-7-11-22(14-19)36-15-20-8-3-5-12-23(20)29)34-27(31-17)32-28(33-34)37-16-21-9-4-6-13-24(21)30/h3-14,26H,15-16H2,1-2H3,(H,31,32,33). The molecule has 2 heterocycles. The lowest BCUT2D eigenvalue weighted by atomic mass is 9.93. The average Bonchev–Trinajstić information content (AvgIpc) is 3.29. The van der Waals surface area contributed by atoms with Gasteiger partial charge in [-0.05, 0) is 49.2 Å². The van der Waals surface area contributed by atoms with Crippen LogP contribution in [0.25, 0.3) is 0 Å². The van der Waals surface area contributed by atoms with E-state index in [0.29, 0.717) is 51.1 Å². The quantitative estimate of drug-likeness (QED) is 0.250. The molecule has 0 spiro atoms. The second-order valence-corrected chi connectivity index (χ2v) is 9.97. The summed E-state index contributed by atoms with van der Waals surface area (Å²) in [5.74, 6) is 1.22. The molecular formula is C28H24ClFN4O2S. The minimum absolute atomic E-state index is 0.0703. The number of nitrogens with one attached hydrogen (secondary N) is 1. The van der Waals surface area contributed by atoms with Gasteiger partial charge >= 0.3 is 0 Å². The van der Waals surface area contributed by atoms with Crippen LogP contribution in [0.2, 0.25) is 5.02 Å². The second kappa shape index (κ2) is 10.8. The molecule has 188 valence electrons. The van der Waals surface area contributed by atoms with Gasteiger partial charge in [0.05, 0.1) is 0 Å². The first kappa shape index (κ1) is 25.0. The summed E-state index contributed by atoms with van der Waals surface area (Å²) in [5, 5.41) is 9.02. The number of nitrogens with zero attached hydrogens (tertiary/aromatic N) is 3. The fourth-order valence-corrected chi connectivity index (χ4v) is 5.27. The van der Waals surface area contributed by atoms with Crippen molar-refractivity contribution >= 4 is 35.1 Å². The number of hydrogen-bond donors (Lipinski definition) is 1. The van der Waals surface area contributed by atoms with Gasteiger partial charge in [-0.1, -0.05) is 71.9 Å². The van der Waals surface area contributed by atoms with Crippen molar-refractivity contribution in [2.75, 3.05) is 5.32 Å². The van der Waals surface area contributed by atoms with E-state index in [1.807, 2.05) is 55.5 Å². The molecule has 0 saturated heterocycles. The zero-order valence-corrected chi connectivity index (χ0v) is 21.8. The number of aromatic nitrogens is 3. The van der Waals surface area contributed by atoms with Gasteiger partial charge in [-0.25, -0.2) is 9.07 Å². The number of ether oxygens (including phenoxy) is 1. The number of fused-ring (bicyclic) bond motifs is 1. The molecule has 3 aromatic carbocycles. The number of hydrogen-bond acceptors (Lipinski definition) is 6. The van der Waals surface area contributed by atoms with Crippen LogP contribution in [0.4, 0.5) is 10.3 Å². The van der Waals surface area contributed by atoms with Crippen LogP contribution < -0.4 is 10.1 Å². The highest BCUT2D eigenvalue weighted by Crippen LogP contribution is 2.38. The van der Waals surface area contributed by atoms with Crippen LogP contribution in [-0.4, -0.2) is 20.5 Å². The van der Waals surface area contributed by atoms with Gasteiger partial charge < -0.3 is 10.1 Å². The first-order chi connectivity index (χ1) is 17.9. The van der Waals surface area contributed by atoms with Crippen molar-refractivity contribution in [1.29, 1.82) is 0 Å². The Balaban J connectivity index is 1.44. The third-order valence-corrected chi connectivity index (χ3v) is 7.31. The molecule has 1 aromatic heterocycles. The predicted molar refractivity (Wildman–Crippen MR) is 143 cm³/mol. The Morgan fingerprint density at radius 1 is 1.11 bits per heavy atom. The molecule has 9 heteroatoms. The highest BCUT2D eigenvalue weighted by Gasteiger charge is 2.33. The van der Waals surface area contributed by atoms with E-state index >= 15 is 0 Å². The molecule has 1 unspecified atom stereocenters. The minimum Gasteiger partial charge on any atom is -0.489 e. The highest BCUT2D eigenvalue weighted by atomic mass is 35.5. The third-order valence-electron chi connectivity index (χ3n) is 6.05. The first-order valence-corrected chi connectivity index (χ1v) is 13.0. The van der Waals surface area contributed by atoms with Crippen LogP contribution >= 0.6 is 23.4 Å². The molecule has 6 nitrogen and oxygen atoms in total. The third kappa shape index (κ3) is 5.40. The normalized spacial score (nSPS) is 14.8. The molecule has 5 rings (SSSR count). The van der Waals surface area contributed by atoms with Crippen molar-refractivity contribution in [1.82, 2.24) is 14.8 Å². The number of carbonyl (C=O) groups excluding carboxylic acids is 1. The Bertz CT molecular complexity index is 1500. The predicted octanol–water partition coefficient (Wildman–Crippen LogP) is 6.82. The Morgan fingerprint density at radius 3 is 2.62 bits per heavy atom. The maximum atomic E-state index is 14.1. The van der Waals surface area contributed by atoms with E-state index in [9.17, 15) is 9.18 Å². The van der Waals surface area contributed by atoms with Crippen molar-refractivity contribution in [3.63, 3.8) is 0 Å². The molecule has 0 aliphatic carbocycles. The maximum absolute atomic E-state index is 14.1. The van der Waals surface area contributed by atoms with E-state index in [1.54, 1.807) is 29.8 Å². The first-order valence-electron chi connectivity index (χ1n) is 11.7. The fraction of sp³-hybridized carbons (Fsp3) is 0.179. The molecule has 1 N–H and O–H groups in total. The molecule has 0 saturated carbocycles. The zero-order valence-electron chi connectivity index (χ0n) is 20.2. The van der Waals surface area contributed by atoms with Crippen LogP contribution in [0, 0.1) is 5.82 Å². The van der Waals surface area contributed by atoms with Gasteiger partial charge in [0.25, 0.3) is 0 Å². The number of anilines is 1. The lowest BCUT2D eigenvalue weighted by Crippen LogP contribution is -2.27. The fourth-order valence-electron chi connectivity index (χ4n) is 4.27. The number of Topliss-reactive ketones (excluding diaryl/α,β-unsaturated/α-hetero) is 1. The average molecular weight is 535 g/mol. The van der Waals surface area contributed by atoms with Crippen molar-refractivity contribution in [3.8, 4) is 5.75 Å². The summed E-state index contributed by atoms with van der Waals surface area (Å²) in [6.07, 6.45) is 0. The highest BCUT2D eigenvalue weighted by molar-refractivity contribution is 7.98. The van der Waals surface area contributed by atoms with Crippen molar-refractivity contribution < 1.29 is 13.9 Å². The number of allylic oxidation sites excluding steroid dienone is 2. The minimum atomic E-state index is -0.493. The molecule has 0 bridgehead atoms. The number of halogens is 2. The Morgan fingerprint density at radius 2 is 1.86 bits per heavy atom. The molecule has 37 heavy (non-hydrogen) atoms. The lowest BCUT2D eigenvalue weighted by Gasteiger charge is -2.28. The van der Waals surface area contributed by atoms with Gasteiger partial charge in [-0.3, -0.25) is 4.79 Å². The number of ketones is 1. The van der Waals surface area contributed by atoms with E-state index in [-0.39, 0.29) is 11.6 Å². The molecular weight excluding hydrogens is 511 g/mol. The summed E-state index contributed by atoms with van der Waals surface area (Å²) in [5.41, 5.74) is 3.59. The summed E-state index contributed by atoms with van der Waals surface area (Å²) in [6, 6.07) is 21.3. The SMILES string of the molecule is CC(=O)C1=C(C)Nc2nc(SCc3ccccc3F)nn2C1c1cccc(OCc2ccccc2Cl)c1. The van der Waals surface area contributed by atoms with Gasteiger partial charge in [-0.2, -0.15) is 4.98 Å². The summed E-state index contributed by atoms with van der Waals surface area (Å²) in [6.45, 7) is 3.71. The smallest absolute Gasteiger partial charge is 0.227 e. The van der Waals surface area contributed by atoms with Crippen LogP contribution in [0.15, 0.2) is 89.2 Å². The second-order valence-electron chi connectivity index (χ2n) is 8.62. The topological polar surface area (TPSA) is 69.0 Å². The Labute approximate surface area is 223 Å². The lowest BCUT2D eigenvalue weighted by molar-refractivity contribution is -0.114. The number of benzene rings is 3. The van der Waals surface area contributed by atoms with E-state index < -0.39 is 6.04 Å². The molecule has 1 aliphatic rings. The number of thioether (sulfide) groups is 1. The van der Waals surface area contributed by atoms with E-state index in [0.717, 1.165) is 11.1 Å². The molecule has 0 fully saturated rings. The van der Waals surface area contributed by atoms with E-state index in [4.69, 9.17) is 21.4 Å². The largest absolute Gasteiger partial charge is 0.489 e. The molecule has 1 atom stereocenters. The number of carbonyl (C=O) groups is 1. The van der Waals surface area contributed by atoms with Gasteiger partial charge in [0.1, 0.15) is 24.2 Å². The molecule has 1 aliphatic heterocycles. The summed E-state index contributed by atoms with van der Waals surface area (Å²) in [7, 11) is 0. The Hall–Kier alpha value is -3.62. The van der Waals surface area contributed by atoms with Crippen molar-refractivity contribution in [3.05, 3.63) is 112 Å². The van der Waals surface area contributed by atoms with Crippen molar-refractivity contribution in [2.24, 2.45) is 0 Å². The molecule has 0 amide bonds. The van der Waals surface area contributed by atoms with E-state index in [1.165, 1.54) is 17.8 Å². The summed E-state index contributed by atoms with van der Waals surface area (Å²) in [4.78, 5) is 17.4. The van der Waals surface area contributed by atoms with Crippen LogP contribution in [0.5, 0.6) is 5.75 Å². The van der Waals surface area contributed by atoms with Crippen LogP contribution in [-0.2, 0) is 17.2 Å². The summed E-state index contributed by atoms with van der Waals surface area (Å²) < 4.78 is 21.8. The molecule has 4 aromatic rings. The summed E-state index contributed by atoms with van der Waals surface area (Å²) >= 11 is 7.61. The van der Waals surface area contributed by atoms with Gasteiger partial charge in [0.2, 0.25) is 11.1 Å². The van der Waals surface area contributed by atoms with Crippen LogP contribution in [0.3, 0.4) is 0 Å². The monoisotopic (exact) mass is 534 g/mol. The molecule has 0 radical (unpaired) electrons. The van der Waals surface area contributed by atoms with Crippen molar-refractivity contribution in [2.45, 2.75) is 37.4 Å². The van der Waals surface area contributed by atoms with Gasteiger partial charge in [-0.15, -0.1) is 5.10 Å². The maximum Gasteiger partial charge on any atom is 0.227 e. The van der Waals surface area contributed by atoms with E-state index in [2.05, 4.69) is 10.3 Å². The Kier molecular flexibility index (Phi) is 7.30. The van der Waals surface area contributed by atoms with Gasteiger partial charge in [0, 0.05) is 27.6 Å².